The molecule has 0 aliphatic rings. The fourth-order valence-corrected chi connectivity index (χ4v) is 4.21. The summed E-state index contributed by atoms with van der Waals surface area (Å²) in [6.07, 6.45) is 0.397. The molecule has 1 aromatic carbocycles. The van der Waals surface area contributed by atoms with Crippen LogP contribution in [0.5, 0.6) is 11.5 Å². The highest BCUT2D eigenvalue weighted by Gasteiger charge is 2.30. The number of thioether (sulfide) groups is 1. The summed E-state index contributed by atoms with van der Waals surface area (Å²) < 4.78 is 54.5. The molecular formula is C21H19ClF3N3O3S2. The van der Waals surface area contributed by atoms with Crippen LogP contribution in [0.15, 0.2) is 24.3 Å². The van der Waals surface area contributed by atoms with E-state index in [-0.39, 0.29) is 29.5 Å². The molecule has 6 nitrogen and oxygen atoms in total. The van der Waals surface area contributed by atoms with Crippen LogP contribution in [0.4, 0.5) is 19.0 Å². The normalized spacial score (nSPS) is 11.4. The molecule has 0 radical (unpaired) electrons. The third-order valence-electron chi connectivity index (χ3n) is 4.14. The second-order valence-electron chi connectivity index (χ2n) is 6.49. The molecule has 2 aromatic rings. The van der Waals surface area contributed by atoms with Crippen molar-refractivity contribution in [3.05, 3.63) is 46.9 Å². The number of aromatic nitrogens is 1. The Bertz CT molecular complexity index is 1050. The molecule has 1 amide bonds. The molecule has 1 atom stereocenters. The highest BCUT2D eigenvalue weighted by molar-refractivity contribution is 8.23. The first-order valence-corrected chi connectivity index (χ1v) is 11.3. The molecule has 0 saturated carbocycles. The lowest BCUT2D eigenvalue weighted by molar-refractivity contribution is -0.116. The molecule has 1 unspecified atom stereocenters. The number of carbonyl (C=O) groups excluding carboxylic acids is 1. The Morgan fingerprint density at radius 2 is 1.97 bits per heavy atom. The number of carbonyl (C=O) groups is 1. The minimum Gasteiger partial charge on any atom is -0.479 e. The summed E-state index contributed by atoms with van der Waals surface area (Å²) in [5.41, 5.74) is 0. The molecule has 0 N–H and O–H groups in total. The lowest BCUT2D eigenvalue weighted by Gasteiger charge is -2.26. The van der Waals surface area contributed by atoms with Crippen LogP contribution < -0.4 is 9.64 Å². The number of nitriles is 1. The molecule has 0 bridgehead atoms. The summed E-state index contributed by atoms with van der Waals surface area (Å²) in [5, 5.41) is 8.79. The lowest BCUT2D eigenvalue weighted by atomic mass is 10.2. The summed E-state index contributed by atoms with van der Waals surface area (Å²) in [7, 11) is 0. The lowest BCUT2D eigenvalue weighted by Crippen LogP contribution is -2.37. The Morgan fingerprint density at radius 3 is 2.55 bits per heavy atom. The molecule has 1 aromatic heterocycles. The minimum atomic E-state index is -1.65. The van der Waals surface area contributed by atoms with Crippen molar-refractivity contribution in [1.82, 2.24) is 4.98 Å². The van der Waals surface area contributed by atoms with E-state index in [1.807, 2.05) is 6.07 Å². The molecule has 176 valence electrons. The van der Waals surface area contributed by atoms with E-state index in [0.717, 1.165) is 23.6 Å². The van der Waals surface area contributed by atoms with Crippen molar-refractivity contribution in [1.29, 1.82) is 5.26 Å². The molecule has 33 heavy (non-hydrogen) atoms. The number of pyridine rings is 1. The third kappa shape index (κ3) is 7.48. The Morgan fingerprint density at radius 1 is 1.30 bits per heavy atom. The maximum Gasteiger partial charge on any atom is 0.255 e. The monoisotopic (exact) mass is 517 g/mol. The zero-order chi connectivity index (χ0) is 24.5. The van der Waals surface area contributed by atoms with Gasteiger partial charge in [-0.25, -0.2) is 0 Å². The van der Waals surface area contributed by atoms with Crippen molar-refractivity contribution in [2.24, 2.45) is 0 Å². The molecule has 1 heterocycles. The van der Waals surface area contributed by atoms with Crippen LogP contribution >= 0.6 is 35.6 Å². The SMILES string of the molecule is CCOC(=S)SC(CCC#N)CN(C(C)=O)c1nc(F)c(F)c(Oc2ccc(Cl)cc2)c1F. The Balaban J connectivity index is 2.42. The number of rotatable bonds is 9. The summed E-state index contributed by atoms with van der Waals surface area (Å²) in [4.78, 5) is 16.5. The van der Waals surface area contributed by atoms with E-state index < -0.39 is 40.3 Å². The standard InChI is InChI=1S/C21H19ClF3N3O3S2/c1-3-30-21(32)33-15(5-4-10-26)11-28(12(2)29)20-17(24)18(16(23)19(25)27-20)31-14-8-6-13(22)7-9-14/h6-9,15H,3-5,11H2,1-2H3. The largest absolute Gasteiger partial charge is 0.479 e. The van der Waals surface area contributed by atoms with Gasteiger partial charge in [0, 0.05) is 30.2 Å². The van der Waals surface area contributed by atoms with Gasteiger partial charge in [0.15, 0.2) is 5.82 Å². The predicted molar refractivity (Wildman–Crippen MR) is 124 cm³/mol. The highest BCUT2D eigenvalue weighted by Crippen LogP contribution is 2.35. The van der Waals surface area contributed by atoms with Crippen molar-refractivity contribution in [2.75, 3.05) is 18.1 Å². The number of hydrogen-bond donors (Lipinski definition) is 0. The van der Waals surface area contributed by atoms with Crippen molar-refractivity contribution >= 4 is 51.7 Å². The van der Waals surface area contributed by atoms with Crippen molar-refractivity contribution in [3.8, 4) is 17.6 Å². The quantitative estimate of drug-likeness (QED) is 0.297. The van der Waals surface area contributed by atoms with E-state index in [2.05, 4.69) is 4.98 Å². The van der Waals surface area contributed by atoms with Crippen LogP contribution in [-0.2, 0) is 9.53 Å². The van der Waals surface area contributed by atoms with E-state index >= 15 is 4.39 Å². The molecule has 0 fully saturated rings. The molecule has 0 spiro atoms. The number of benzene rings is 1. The summed E-state index contributed by atoms with van der Waals surface area (Å²) >= 11 is 12.0. The molecule has 12 heteroatoms. The van der Waals surface area contributed by atoms with Crippen LogP contribution in [0, 0.1) is 28.9 Å². The smallest absolute Gasteiger partial charge is 0.255 e. The third-order valence-corrected chi connectivity index (χ3v) is 5.83. The van der Waals surface area contributed by atoms with Gasteiger partial charge in [-0.05, 0) is 49.8 Å². The Kier molecular flexibility index (Phi) is 10.2. The van der Waals surface area contributed by atoms with Gasteiger partial charge in [-0.1, -0.05) is 23.4 Å². The molecule has 0 saturated heterocycles. The van der Waals surface area contributed by atoms with Gasteiger partial charge in [0.25, 0.3) is 5.95 Å². The van der Waals surface area contributed by atoms with Gasteiger partial charge < -0.3 is 9.47 Å². The van der Waals surface area contributed by atoms with Gasteiger partial charge in [0.2, 0.25) is 27.7 Å². The van der Waals surface area contributed by atoms with Gasteiger partial charge in [0.1, 0.15) is 5.75 Å². The number of ether oxygens (including phenoxy) is 2. The summed E-state index contributed by atoms with van der Waals surface area (Å²) in [6.45, 7) is 2.99. The van der Waals surface area contributed by atoms with Crippen LogP contribution in [0.1, 0.15) is 26.7 Å². The fraction of sp³-hybridized carbons (Fsp3) is 0.333. The van der Waals surface area contributed by atoms with Crippen LogP contribution in [0.25, 0.3) is 0 Å². The molecule has 0 aliphatic heterocycles. The first-order valence-electron chi connectivity index (χ1n) is 9.64. The number of halogens is 4. The number of amides is 1. The molecule has 0 aliphatic carbocycles. The average molecular weight is 518 g/mol. The average Bonchev–Trinajstić information content (AvgIpc) is 2.77. The highest BCUT2D eigenvalue weighted by atomic mass is 35.5. The zero-order valence-corrected chi connectivity index (χ0v) is 20.0. The van der Waals surface area contributed by atoms with E-state index in [1.165, 1.54) is 24.3 Å². The fourth-order valence-electron chi connectivity index (χ4n) is 2.64. The maximum absolute atomic E-state index is 15.3. The number of thiocarbonyl (C=S) groups is 1. The second-order valence-corrected chi connectivity index (χ2v) is 8.83. The Hall–Kier alpha value is -2.55. The van der Waals surface area contributed by atoms with Crippen molar-refractivity contribution in [2.45, 2.75) is 31.9 Å². The van der Waals surface area contributed by atoms with Crippen LogP contribution in [0.3, 0.4) is 0 Å². The first kappa shape index (κ1) is 26.7. The topological polar surface area (TPSA) is 75.5 Å². The van der Waals surface area contributed by atoms with E-state index in [0.29, 0.717) is 11.6 Å². The predicted octanol–water partition coefficient (Wildman–Crippen LogP) is 6.02. The summed E-state index contributed by atoms with van der Waals surface area (Å²) in [6, 6.07) is 7.51. The number of hydrogen-bond acceptors (Lipinski definition) is 7. The second kappa shape index (κ2) is 12.6. The van der Waals surface area contributed by atoms with E-state index in [4.69, 9.17) is 38.6 Å². The van der Waals surface area contributed by atoms with Gasteiger partial charge >= 0.3 is 0 Å². The first-order chi connectivity index (χ1) is 15.7. The van der Waals surface area contributed by atoms with Crippen LogP contribution in [-0.4, -0.2) is 33.7 Å². The molecule has 2 rings (SSSR count). The summed E-state index contributed by atoms with van der Waals surface area (Å²) in [5.74, 6) is -7.17. The molecular weight excluding hydrogens is 499 g/mol. The van der Waals surface area contributed by atoms with E-state index in [9.17, 15) is 13.6 Å². The minimum absolute atomic E-state index is 0.00681. The van der Waals surface area contributed by atoms with Gasteiger partial charge in [0.05, 0.1) is 12.7 Å². The van der Waals surface area contributed by atoms with Gasteiger partial charge in [-0.2, -0.15) is 23.4 Å². The van der Waals surface area contributed by atoms with Gasteiger partial charge in [-0.15, -0.1) is 0 Å². The number of anilines is 1. The van der Waals surface area contributed by atoms with E-state index in [1.54, 1.807) is 6.92 Å². The number of nitrogens with zero attached hydrogens (tertiary/aromatic N) is 3. The Labute approximate surface area is 203 Å². The van der Waals surface area contributed by atoms with Gasteiger partial charge in [-0.3, -0.25) is 9.69 Å². The van der Waals surface area contributed by atoms with Crippen molar-refractivity contribution in [3.63, 3.8) is 0 Å². The van der Waals surface area contributed by atoms with Crippen molar-refractivity contribution < 1.29 is 27.4 Å². The van der Waals surface area contributed by atoms with Crippen LogP contribution in [0.2, 0.25) is 5.02 Å². The maximum atomic E-state index is 15.3. The zero-order valence-electron chi connectivity index (χ0n) is 17.6.